The van der Waals surface area contributed by atoms with E-state index in [0.717, 1.165) is 30.3 Å². The van der Waals surface area contributed by atoms with Gasteiger partial charge in [0, 0.05) is 0 Å². The van der Waals surface area contributed by atoms with E-state index in [2.05, 4.69) is 4.98 Å². The first-order valence-corrected chi connectivity index (χ1v) is 6.38. The van der Waals surface area contributed by atoms with E-state index in [1.807, 2.05) is 0 Å². The van der Waals surface area contributed by atoms with Gasteiger partial charge in [-0.25, -0.2) is 4.98 Å². The first-order valence-electron chi connectivity index (χ1n) is 6.38. The molecule has 0 N–H and O–H groups in total. The molecule has 0 spiro atoms. The average Bonchev–Trinajstić information content (AvgIpc) is 2.51. The van der Waals surface area contributed by atoms with Gasteiger partial charge in [0.25, 0.3) is 0 Å². The van der Waals surface area contributed by atoms with Crippen LogP contribution in [0.25, 0.3) is 0 Å². The van der Waals surface area contributed by atoms with Crippen molar-refractivity contribution in [3.8, 4) is 11.9 Å². The second-order valence-electron chi connectivity index (χ2n) is 4.64. The van der Waals surface area contributed by atoms with Gasteiger partial charge in [0.15, 0.2) is 0 Å². The number of nitriles is 1. The van der Waals surface area contributed by atoms with Crippen LogP contribution in [0, 0.1) is 11.3 Å². The fourth-order valence-corrected chi connectivity index (χ4v) is 1.74. The number of benzene rings is 1. The van der Waals surface area contributed by atoms with Crippen LogP contribution in [0.1, 0.15) is 22.4 Å². The number of pyridine rings is 1. The zero-order valence-electron chi connectivity index (χ0n) is 11.7. The predicted octanol–water partition coefficient (Wildman–Crippen LogP) is 4.57. The van der Waals surface area contributed by atoms with E-state index in [1.54, 1.807) is 6.07 Å². The summed E-state index contributed by atoms with van der Waals surface area (Å²) in [5.41, 5.74) is -2.02. The van der Waals surface area contributed by atoms with E-state index in [0.29, 0.717) is 6.07 Å². The van der Waals surface area contributed by atoms with E-state index in [1.165, 1.54) is 0 Å². The minimum absolute atomic E-state index is 0.213. The molecule has 0 aliphatic rings. The van der Waals surface area contributed by atoms with Gasteiger partial charge in [0.2, 0.25) is 5.88 Å². The second kappa shape index (κ2) is 6.39. The van der Waals surface area contributed by atoms with Crippen LogP contribution in [0.2, 0.25) is 0 Å². The summed E-state index contributed by atoms with van der Waals surface area (Å²) in [5, 5.41) is 8.86. The Morgan fingerprint density at radius 1 is 0.917 bits per heavy atom. The third-order valence-corrected chi connectivity index (χ3v) is 2.93. The lowest BCUT2D eigenvalue weighted by Crippen LogP contribution is -2.10. The minimum atomic E-state index is -4.71. The van der Waals surface area contributed by atoms with Crippen molar-refractivity contribution in [2.24, 2.45) is 0 Å². The number of halogens is 6. The zero-order chi connectivity index (χ0) is 18.0. The van der Waals surface area contributed by atoms with Gasteiger partial charge in [-0.2, -0.15) is 31.6 Å². The highest BCUT2D eigenvalue weighted by atomic mass is 19.4. The smallest absolute Gasteiger partial charge is 0.433 e. The summed E-state index contributed by atoms with van der Waals surface area (Å²) in [5.74, 6) is -0.535. The largest absolute Gasteiger partial charge is 0.472 e. The number of aromatic nitrogens is 1. The fraction of sp³-hybridized carbons (Fsp3) is 0.200. The Morgan fingerprint density at radius 2 is 1.54 bits per heavy atom. The maximum atomic E-state index is 12.6. The monoisotopic (exact) mass is 346 g/mol. The summed E-state index contributed by atoms with van der Waals surface area (Å²) < 4.78 is 80.2. The molecule has 1 aromatic carbocycles. The van der Waals surface area contributed by atoms with Gasteiger partial charge in [0.1, 0.15) is 23.9 Å². The van der Waals surface area contributed by atoms with Crippen LogP contribution < -0.4 is 4.74 Å². The molecule has 0 atom stereocenters. The second-order valence-corrected chi connectivity index (χ2v) is 4.64. The molecule has 0 saturated heterocycles. The van der Waals surface area contributed by atoms with Crippen LogP contribution >= 0.6 is 0 Å². The summed E-state index contributed by atoms with van der Waals surface area (Å²) in [7, 11) is 0. The average molecular weight is 346 g/mol. The van der Waals surface area contributed by atoms with Crippen molar-refractivity contribution in [2.75, 3.05) is 0 Å². The summed E-state index contributed by atoms with van der Waals surface area (Å²) in [6, 6.07) is 7.09. The summed E-state index contributed by atoms with van der Waals surface area (Å²) >= 11 is 0. The molecule has 0 unspecified atom stereocenters. The maximum absolute atomic E-state index is 12.6. The Morgan fingerprint density at radius 3 is 2.04 bits per heavy atom. The van der Waals surface area contributed by atoms with Gasteiger partial charge in [-0.05, 0) is 29.8 Å². The molecule has 24 heavy (non-hydrogen) atoms. The molecule has 0 saturated carbocycles. The highest BCUT2D eigenvalue weighted by Gasteiger charge is 2.33. The number of rotatable bonds is 3. The van der Waals surface area contributed by atoms with Crippen molar-refractivity contribution in [2.45, 2.75) is 19.0 Å². The third kappa shape index (κ3) is 4.16. The Bertz CT molecular complexity index is 760. The number of ether oxygens (including phenoxy) is 1. The molecule has 126 valence electrons. The Balaban J connectivity index is 2.18. The van der Waals surface area contributed by atoms with E-state index in [-0.39, 0.29) is 17.7 Å². The lowest BCUT2D eigenvalue weighted by Gasteiger charge is -2.11. The van der Waals surface area contributed by atoms with Crippen LogP contribution in [0.15, 0.2) is 36.4 Å². The fourth-order valence-electron chi connectivity index (χ4n) is 1.74. The van der Waals surface area contributed by atoms with Crippen LogP contribution in [0.4, 0.5) is 26.3 Å². The van der Waals surface area contributed by atoms with Gasteiger partial charge in [-0.1, -0.05) is 12.1 Å². The van der Waals surface area contributed by atoms with Crippen LogP contribution in [0.3, 0.4) is 0 Å². The molecule has 0 fully saturated rings. The molecular weight excluding hydrogens is 338 g/mol. The molecule has 0 radical (unpaired) electrons. The van der Waals surface area contributed by atoms with Crippen molar-refractivity contribution >= 4 is 0 Å². The molecule has 1 heterocycles. The number of hydrogen-bond acceptors (Lipinski definition) is 3. The van der Waals surface area contributed by atoms with Gasteiger partial charge in [-0.15, -0.1) is 0 Å². The maximum Gasteiger partial charge on any atom is 0.433 e. The van der Waals surface area contributed by atoms with Crippen molar-refractivity contribution in [1.82, 2.24) is 4.98 Å². The Labute approximate surface area is 132 Å². The van der Waals surface area contributed by atoms with E-state index in [4.69, 9.17) is 10.00 Å². The van der Waals surface area contributed by atoms with Gasteiger partial charge in [0.05, 0.1) is 5.56 Å². The molecule has 9 heteroatoms. The first kappa shape index (κ1) is 17.6. The minimum Gasteiger partial charge on any atom is -0.472 e. The lowest BCUT2D eigenvalue weighted by atomic mass is 10.1. The topological polar surface area (TPSA) is 45.9 Å². The van der Waals surface area contributed by atoms with Gasteiger partial charge >= 0.3 is 12.4 Å². The molecule has 2 rings (SSSR count). The number of nitrogens with zero attached hydrogens (tertiary/aromatic N) is 2. The van der Waals surface area contributed by atoms with Gasteiger partial charge in [-0.3, -0.25) is 0 Å². The standard InChI is InChI=1S/C15H8F6N2O/c16-14(17,18)11-4-1-9(2-5-11)8-24-13-10(7-22)3-6-12(23-13)15(19,20)21/h1-6H,8H2. The number of alkyl halides is 6. The van der Waals surface area contributed by atoms with Crippen LogP contribution in [-0.2, 0) is 19.0 Å². The molecule has 1 aromatic heterocycles. The summed E-state index contributed by atoms with van der Waals surface area (Å²) in [4.78, 5) is 3.24. The molecule has 0 amide bonds. The van der Waals surface area contributed by atoms with Crippen molar-refractivity contribution in [3.05, 3.63) is 58.8 Å². The Hall–Kier alpha value is -2.76. The van der Waals surface area contributed by atoms with E-state index in [9.17, 15) is 26.3 Å². The summed E-state index contributed by atoms with van der Waals surface area (Å²) in [6.45, 7) is -0.332. The quantitative estimate of drug-likeness (QED) is 0.765. The number of hydrogen-bond donors (Lipinski definition) is 0. The molecule has 0 aliphatic carbocycles. The summed E-state index contributed by atoms with van der Waals surface area (Å²) in [6.07, 6.45) is -9.20. The lowest BCUT2D eigenvalue weighted by molar-refractivity contribution is -0.141. The van der Waals surface area contributed by atoms with E-state index >= 15 is 0 Å². The van der Waals surface area contributed by atoms with E-state index < -0.39 is 29.5 Å². The molecule has 3 nitrogen and oxygen atoms in total. The SMILES string of the molecule is N#Cc1ccc(C(F)(F)F)nc1OCc1ccc(C(F)(F)F)cc1. The normalized spacial score (nSPS) is 11.9. The Kier molecular flexibility index (Phi) is 4.68. The van der Waals surface area contributed by atoms with Crippen molar-refractivity contribution < 1.29 is 31.1 Å². The van der Waals surface area contributed by atoms with Crippen molar-refractivity contribution in [1.29, 1.82) is 5.26 Å². The van der Waals surface area contributed by atoms with Crippen LogP contribution in [-0.4, -0.2) is 4.98 Å². The highest BCUT2D eigenvalue weighted by Crippen LogP contribution is 2.31. The molecule has 2 aromatic rings. The van der Waals surface area contributed by atoms with Crippen LogP contribution in [0.5, 0.6) is 5.88 Å². The zero-order valence-corrected chi connectivity index (χ0v) is 11.7. The first-order chi connectivity index (χ1) is 11.1. The van der Waals surface area contributed by atoms with Crippen molar-refractivity contribution in [3.63, 3.8) is 0 Å². The molecule has 0 bridgehead atoms. The predicted molar refractivity (Wildman–Crippen MR) is 69.7 cm³/mol. The van der Waals surface area contributed by atoms with Gasteiger partial charge < -0.3 is 4.74 Å². The molecular formula is C15H8F6N2O. The third-order valence-electron chi connectivity index (χ3n) is 2.93. The molecule has 0 aliphatic heterocycles. The highest BCUT2D eigenvalue weighted by molar-refractivity contribution is 5.39.